The van der Waals surface area contributed by atoms with E-state index in [2.05, 4.69) is 4.98 Å². The summed E-state index contributed by atoms with van der Waals surface area (Å²) < 4.78 is 0. The van der Waals surface area contributed by atoms with Gasteiger partial charge >= 0.3 is 0 Å². The Morgan fingerprint density at radius 2 is 2.00 bits per heavy atom. The molecule has 14 heavy (non-hydrogen) atoms. The van der Waals surface area contributed by atoms with Gasteiger partial charge in [-0.25, -0.2) is 0 Å². The van der Waals surface area contributed by atoms with E-state index in [-0.39, 0.29) is 4.99 Å². The summed E-state index contributed by atoms with van der Waals surface area (Å²) >= 11 is 4.87. The fourth-order valence-corrected chi connectivity index (χ4v) is 1.52. The fourth-order valence-electron chi connectivity index (χ4n) is 1.36. The van der Waals surface area contributed by atoms with Crippen LogP contribution in [-0.2, 0) is 0 Å². The minimum absolute atomic E-state index is 0.278. The van der Waals surface area contributed by atoms with Gasteiger partial charge in [-0.05, 0) is 6.07 Å². The van der Waals surface area contributed by atoms with Crippen molar-refractivity contribution >= 4 is 33.8 Å². The predicted molar refractivity (Wildman–Crippen MR) is 62.0 cm³/mol. The molecule has 4 N–H and O–H groups in total. The zero-order valence-corrected chi connectivity index (χ0v) is 8.21. The largest absolute Gasteiger partial charge is 0.398 e. The maximum atomic E-state index is 5.91. The summed E-state index contributed by atoms with van der Waals surface area (Å²) in [5.41, 5.74) is 13.5. The van der Waals surface area contributed by atoms with Crippen molar-refractivity contribution in [2.24, 2.45) is 5.73 Å². The van der Waals surface area contributed by atoms with Crippen LogP contribution in [0.25, 0.3) is 10.9 Å². The van der Waals surface area contributed by atoms with E-state index in [1.807, 2.05) is 24.3 Å². The number of hydrogen-bond acceptors (Lipinski definition) is 3. The highest BCUT2D eigenvalue weighted by Gasteiger charge is 2.06. The zero-order valence-electron chi connectivity index (χ0n) is 7.40. The number of aromatic nitrogens is 1. The third kappa shape index (κ3) is 1.29. The molecule has 0 aliphatic rings. The van der Waals surface area contributed by atoms with Crippen LogP contribution in [0.3, 0.4) is 0 Å². The van der Waals surface area contributed by atoms with Crippen LogP contribution >= 0.6 is 12.2 Å². The molecule has 1 heterocycles. The molecule has 0 unspecified atom stereocenters. The minimum Gasteiger partial charge on any atom is -0.398 e. The Balaban J connectivity index is 2.81. The van der Waals surface area contributed by atoms with E-state index >= 15 is 0 Å². The molecule has 4 heteroatoms. The SMILES string of the molecule is NC(=S)c1cnc2ccccc2c1N. The second-order valence-electron chi connectivity index (χ2n) is 2.97. The lowest BCUT2D eigenvalue weighted by Crippen LogP contribution is -2.12. The van der Waals surface area contributed by atoms with E-state index < -0.39 is 0 Å². The molecule has 0 spiro atoms. The lowest BCUT2D eigenvalue weighted by Gasteiger charge is -2.06. The Kier molecular flexibility index (Phi) is 2.05. The van der Waals surface area contributed by atoms with Gasteiger partial charge in [0, 0.05) is 11.6 Å². The fraction of sp³-hybridized carbons (Fsp3) is 0. The quantitative estimate of drug-likeness (QED) is 0.688. The van der Waals surface area contributed by atoms with Gasteiger partial charge in [-0.3, -0.25) is 4.98 Å². The Labute approximate surface area is 86.7 Å². The third-order valence-electron chi connectivity index (χ3n) is 2.08. The number of nitrogen functional groups attached to an aromatic ring is 1. The van der Waals surface area contributed by atoms with Crippen molar-refractivity contribution in [1.29, 1.82) is 0 Å². The van der Waals surface area contributed by atoms with E-state index in [9.17, 15) is 0 Å². The number of para-hydroxylation sites is 1. The maximum absolute atomic E-state index is 5.91. The number of nitrogens with zero attached hydrogens (tertiary/aromatic N) is 1. The van der Waals surface area contributed by atoms with Gasteiger partial charge in [-0.15, -0.1) is 0 Å². The normalized spacial score (nSPS) is 10.3. The van der Waals surface area contributed by atoms with Gasteiger partial charge < -0.3 is 11.5 Å². The number of thiocarbonyl (C=S) groups is 1. The van der Waals surface area contributed by atoms with E-state index in [4.69, 9.17) is 23.7 Å². The molecule has 0 bridgehead atoms. The second-order valence-corrected chi connectivity index (χ2v) is 3.41. The molecule has 0 radical (unpaired) electrons. The van der Waals surface area contributed by atoms with Crippen LogP contribution < -0.4 is 11.5 Å². The molecule has 0 aliphatic carbocycles. The van der Waals surface area contributed by atoms with Gasteiger partial charge in [0.15, 0.2) is 0 Å². The van der Waals surface area contributed by atoms with Crippen molar-refractivity contribution in [1.82, 2.24) is 4.98 Å². The first kappa shape index (κ1) is 8.90. The van der Waals surface area contributed by atoms with Crippen molar-refractivity contribution in [3.63, 3.8) is 0 Å². The Morgan fingerprint density at radius 3 is 2.71 bits per heavy atom. The topological polar surface area (TPSA) is 64.9 Å². The van der Waals surface area contributed by atoms with E-state index in [1.165, 1.54) is 0 Å². The van der Waals surface area contributed by atoms with Crippen LogP contribution in [-0.4, -0.2) is 9.97 Å². The van der Waals surface area contributed by atoms with Gasteiger partial charge in [0.05, 0.1) is 16.8 Å². The Bertz CT molecular complexity index is 508. The molecular weight excluding hydrogens is 194 g/mol. The highest BCUT2D eigenvalue weighted by molar-refractivity contribution is 7.80. The van der Waals surface area contributed by atoms with Crippen LogP contribution in [0.5, 0.6) is 0 Å². The van der Waals surface area contributed by atoms with E-state index in [1.54, 1.807) is 6.20 Å². The molecule has 1 aromatic heterocycles. The lowest BCUT2D eigenvalue weighted by atomic mass is 10.1. The molecule has 2 rings (SSSR count). The summed E-state index contributed by atoms with van der Waals surface area (Å²) in [5, 5.41) is 0.887. The summed E-state index contributed by atoms with van der Waals surface area (Å²) in [4.78, 5) is 4.49. The van der Waals surface area contributed by atoms with Crippen molar-refractivity contribution in [2.45, 2.75) is 0 Å². The second kappa shape index (κ2) is 3.23. The van der Waals surface area contributed by atoms with E-state index in [0.717, 1.165) is 10.9 Å². The molecule has 3 nitrogen and oxygen atoms in total. The summed E-state index contributed by atoms with van der Waals surface area (Å²) in [5.74, 6) is 0. The third-order valence-corrected chi connectivity index (χ3v) is 2.30. The maximum Gasteiger partial charge on any atom is 0.107 e. The summed E-state index contributed by atoms with van der Waals surface area (Å²) in [6.07, 6.45) is 1.61. The molecule has 0 atom stereocenters. The number of pyridine rings is 1. The molecule has 2 aromatic rings. The lowest BCUT2D eigenvalue weighted by molar-refractivity contribution is 1.39. The monoisotopic (exact) mass is 203 g/mol. The van der Waals surface area contributed by atoms with Crippen molar-refractivity contribution in [2.75, 3.05) is 5.73 Å². The molecule has 0 aliphatic heterocycles. The molecule has 0 saturated carbocycles. The Hall–Kier alpha value is -1.68. The minimum atomic E-state index is 0.278. The zero-order chi connectivity index (χ0) is 10.1. The number of hydrogen-bond donors (Lipinski definition) is 2. The van der Waals surface area contributed by atoms with Gasteiger partial charge in [0.1, 0.15) is 4.99 Å². The average molecular weight is 203 g/mol. The molecule has 0 fully saturated rings. The van der Waals surface area contributed by atoms with Crippen molar-refractivity contribution in [3.8, 4) is 0 Å². The molecule has 70 valence electrons. The first-order valence-electron chi connectivity index (χ1n) is 4.13. The van der Waals surface area contributed by atoms with E-state index in [0.29, 0.717) is 11.3 Å². The van der Waals surface area contributed by atoms with Crippen LogP contribution in [0.1, 0.15) is 5.56 Å². The van der Waals surface area contributed by atoms with Crippen molar-refractivity contribution < 1.29 is 0 Å². The molecular formula is C10H9N3S. The van der Waals surface area contributed by atoms with Gasteiger partial charge in [-0.1, -0.05) is 30.4 Å². The highest BCUT2D eigenvalue weighted by atomic mass is 32.1. The number of anilines is 1. The number of rotatable bonds is 1. The molecule has 0 amide bonds. The van der Waals surface area contributed by atoms with Gasteiger partial charge in [0.25, 0.3) is 0 Å². The van der Waals surface area contributed by atoms with Crippen molar-refractivity contribution in [3.05, 3.63) is 36.0 Å². The highest BCUT2D eigenvalue weighted by Crippen LogP contribution is 2.22. The van der Waals surface area contributed by atoms with Crippen LogP contribution in [0.15, 0.2) is 30.5 Å². The van der Waals surface area contributed by atoms with Crippen LogP contribution in [0.2, 0.25) is 0 Å². The molecule has 1 aromatic carbocycles. The standard InChI is InChI=1S/C10H9N3S/c11-9-6-3-1-2-4-8(6)13-5-7(9)10(12)14/h1-5H,(H2,11,13)(H2,12,14). The summed E-state index contributed by atoms with van der Waals surface area (Å²) in [6, 6.07) is 7.62. The summed E-state index contributed by atoms with van der Waals surface area (Å²) in [7, 11) is 0. The van der Waals surface area contributed by atoms with Gasteiger partial charge in [-0.2, -0.15) is 0 Å². The number of fused-ring (bicyclic) bond motifs is 1. The average Bonchev–Trinajstić information content (AvgIpc) is 2.18. The van der Waals surface area contributed by atoms with Gasteiger partial charge in [0.2, 0.25) is 0 Å². The Morgan fingerprint density at radius 1 is 1.29 bits per heavy atom. The predicted octanol–water partition coefficient (Wildman–Crippen LogP) is 1.45. The summed E-state index contributed by atoms with van der Waals surface area (Å²) in [6.45, 7) is 0. The number of benzene rings is 1. The smallest absolute Gasteiger partial charge is 0.107 e. The van der Waals surface area contributed by atoms with Crippen LogP contribution in [0, 0.1) is 0 Å². The first-order valence-corrected chi connectivity index (χ1v) is 4.54. The van der Waals surface area contributed by atoms with Crippen LogP contribution in [0.4, 0.5) is 5.69 Å². The molecule has 0 saturated heterocycles. The first-order chi connectivity index (χ1) is 6.70. The number of nitrogens with two attached hydrogens (primary N) is 2.